The van der Waals surface area contributed by atoms with E-state index in [0.29, 0.717) is 15.7 Å². The molecule has 8 nitrogen and oxygen atoms in total. The lowest BCUT2D eigenvalue weighted by atomic mass is 9.68. The first-order chi connectivity index (χ1) is 18.3. The van der Waals surface area contributed by atoms with E-state index in [-0.39, 0.29) is 52.2 Å². The SMILES string of the molecule is O=C(CN1C(=O)C2C3CC(C2C1=O)C1C3Sc2[nH]c(=O)sc2[C@@H]1c1cccnc1)Nc1ccc(Cl)c(Cl)c1. The number of carbonyl (C=O) groups excluding carboxylic acids is 3. The van der Waals surface area contributed by atoms with Crippen molar-refractivity contribution in [2.75, 3.05) is 11.9 Å². The number of hydrogen-bond donors (Lipinski definition) is 2. The summed E-state index contributed by atoms with van der Waals surface area (Å²) in [6, 6.07) is 8.60. The number of carbonyl (C=O) groups is 3. The van der Waals surface area contributed by atoms with E-state index in [1.54, 1.807) is 30.1 Å². The molecule has 3 fully saturated rings. The van der Waals surface area contributed by atoms with Crippen LogP contribution in [0.25, 0.3) is 0 Å². The second kappa shape index (κ2) is 8.94. The topological polar surface area (TPSA) is 112 Å². The van der Waals surface area contributed by atoms with E-state index >= 15 is 0 Å². The van der Waals surface area contributed by atoms with Crippen LogP contribution in [0.1, 0.15) is 22.8 Å². The lowest BCUT2D eigenvalue weighted by Crippen LogP contribution is -2.42. The van der Waals surface area contributed by atoms with Gasteiger partial charge >= 0.3 is 4.87 Å². The molecule has 2 N–H and O–H groups in total. The van der Waals surface area contributed by atoms with Crippen LogP contribution in [0.4, 0.5) is 5.69 Å². The lowest BCUT2D eigenvalue weighted by molar-refractivity contribution is -0.143. The van der Waals surface area contributed by atoms with Crippen LogP contribution in [0.2, 0.25) is 10.0 Å². The number of thioether (sulfide) groups is 1. The Balaban J connectivity index is 1.17. The number of aromatic amines is 1. The summed E-state index contributed by atoms with van der Waals surface area (Å²) in [7, 11) is 0. The molecule has 0 radical (unpaired) electrons. The van der Waals surface area contributed by atoms with Crippen molar-refractivity contribution in [3.05, 3.63) is 72.9 Å². The van der Waals surface area contributed by atoms with Gasteiger partial charge in [0, 0.05) is 34.1 Å². The minimum atomic E-state index is -0.475. The summed E-state index contributed by atoms with van der Waals surface area (Å²) in [5.74, 6) is -1.93. The molecule has 2 aromatic heterocycles. The highest BCUT2D eigenvalue weighted by Gasteiger charge is 2.69. The number of halogens is 2. The smallest absolute Gasteiger partial charge is 0.305 e. The van der Waals surface area contributed by atoms with Crippen LogP contribution in [0.3, 0.4) is 0 Å². The molecule has 38 heavy (non-hydrogen) atoms. The van der Waals surface area contributed by atoms with Crippen LogP contribution in [0.15, 0.2) is 52.5 Å². The Morgan fingerprint density at radius 1 is 1.11 bits per heavy atom. The highest BCUT2D eigenvalue weighted by molar-refractivity contribution is 8.00. The van der Waals surface area contributed by atoms with Crippen molar-refractivity contribution in [2.24, 2.45) is 29.6 Å². The number of H-pyrrole nitrogens is 1. The molecule has 2 aliphatic carbocycles. The van der Waals surface area contributed by atoms with Gasteiger partial charge in [0.1, 0.15) is 6.54 Å². The molecular weight excluding hydrogens is 567 g/mol. The van der Waals surface area contributed by atoms with E-state index in [4.69, 9.17) is 23.2 Å². The average Bonchev–Trinajstić information content (AvgIpc) is 3.62. The van der Waals surface area contributed by atoms with Gasteiger partial charge in [-0.25, -0.2) is 0 Å². The first-order valence-electron chi connectivity index (χ1n) is 12.2. The van der Waals surface area contributed by atoms with E-state index in [9.17, 15) is 19.2 Å². The van der Waals surface area contributed by atoms with Gasteiger partial charge in [-0.15, -0.1) is 11.8 Å². The highest BCUT2D eigenvalue weighted by atomic mass is 35.5. The van der Waals surface area contributed by atoms with E-state index < -0.39 is 17.7 Å². The third-order valence-corrected chi connectivity index (χ3v) is 11.7. The number of rotatable bonds is 4. The van der Waals surface area contributed by atoms with Crippen LogP contribution >= 0.6 is 46.3 Å². The minimum absolute atomic E-state index is 0.00435. The number of imide groups is 1. The molecule has 1 aromatic carbocycles. The predicted molar refractivity (Wildman–Crippen MR) is 145 cm³/mol. The number of hydrogen-bond acceptors (Lipinski definition) is 7. The van der Waals surface area contributed by atoms with Gasteiger partial charge in [0.25, 0.3) is 0 Å². The second-order valence-corrected chi connectivity index (χ2v) is 13.2. The number of thiazole rings is 1. The average molecular weight is 588 g/mol. The third kappa shape index (κ3) is 3.61. The second-order valence-electron chi connectivity index (χ2n) is 10.2. The molecule has 2 saturated carbocycles. The number of benzene rings is 1. The highest BCUT2D eigenvalue weighted by Crippen LogP contribution is 2.68. The fraction of sp³-hybridized carbons (Fsp3) is 0.346. The maximum Gasteiger partial charge on any atom is 0.305 e. The summed E-state index contributed by atoms with van der Waals surface area (Å²) < 4.78 is 0. The van der Waals surface area contributed by atoms with Gasteiger partial charge in [0.05, 0.1) is 26.9 Å². The zero-order valence-electron chi connectivity index (χ0n) is 19.6. The van der Waals surface area contributed by atoms with Gasteiger partial charge in [-0.2, -0.15) is 0 Å². The number of fused-ring (bicyclic) bond motifs is 9. The lowest BCUT2D eigenvalue weighted by Gasteiger charge is -2.42. The number of likely N-dealkylation sites (tertiary alicyclic amines) is 1. The van der Waals surface area contributed by atoms with Crippen molar-refractivity contribution in [1.82, 2.24) is 14.9 Å². The molecule has 2 bridgehead atoms. The number of pyridine rings is 1. The van der Waals surface area contributed by atoms with E-state index in [1.165, 1.54) is 17.4 Å². The third-order valence-electron chi connectivity index (χ3n) is 8.36. The molecule has 0 spiro atoms. The first kappa shape index (κ1) is 24.4. The molecule has 4 heterocycles. The Morgan fingerprint density at radius 3 is 2.63 bits per heavy atom. The van der Waals surface area contributed by atoms with Gasteiger partial charge in [0.2, 0.25) is 17.7 Å². The van der Waals surface area contributed by atoms with Crippen LogP contribution in [0, 0.1) is 29.6 Å². The number of nitrogens with zero attached hydrogens (tertiary/aromatic N) is 2. The maximum atomic E-state index is 13.7. The normalized spacial score (nSPS) is 30.8. The molecule has 12 heteroatoms. The Labute approximate surface area is 235 Å². The van der Waals surface area contributed by atoms with Crippen LogP contribution in [-0.4, -0.2) is 44.4 Å². The van der Waals surface area contributed by atoms with Crippen molar-refractivity contribution in [1.29, 1.82) is 0 Å². The van der Waals surface area contributed by atoms with Crippen molar-refractivity contribution in [3.63, 3.8) is 0 Å². The zero-order chi connectivity index (χ0) is 26.3. The Bertz CT molecular complexity index is 1560. The molecule has 1 saturated heterocycles. The van der Waals surface area contributed by atoms with E-state index in [2.05, 4.69) is 15.3 Å². The summed E-state index contributed by atoms with van der Waals surface area (Å²) in [5.41, 5.74) is 1.45. The van der Waals surface area contributed by atoms with Crippen molar-refractivity contribution < 1.29 is 14.4 Å². The first-order valence-corrected chi connectivity index (χ1v) is 14.7. The number of amides is 3. The van der Waals surface area contributed by atoms with E-state index in [1.807, 2.05) is 18.3 Å². The predicted octanol–water partition coefficient (Wildman–Crippen LogP) is 4.25. The standard InChI is InChI=1S/C26H20Cl2N4O4S2/c27-14-4-3-11(6-15(14)28)30-16(33)9-32-24(34)19-12-7-13(20(19)25(32)35)21-18(12)17(10-2-1-5-29-8-10)22-23(37-21)31-26(36)38-22/h1-6,8,12-13,17-21H,7,9H2,(H,30,33)(H,31,36)/t12?,13?,17-,18?,19?,20?,21?/m1/s1. The number of aromatic nitrogens is 2. The molecular formula is C26H20Cl2N4O4S2. The van der Waals surface area contributed by atoms with Crippen LogP contribution in [0.5, 0.6) is 0 Å². The van der Waals surface area contributed by atoms with Crippen molar-refractivity contribution in [3.8, 4) is 0 Å². The maximum absolute atomic E-state index is 13.7. The Kier molecular flexibility index (Phi) is 5.74. The van der Waals surface area contributed by atoms with Gasteiger partial charge in [-0.1, -0.05) is 40.6 Å². The number of nitrogens with one attached hydrogen (secondary N) is 2. The van der Waals surface area contributed by atoms with Gasteiger partial charge in [-0.05, 0) is 54.0 Å². The zero-order valence-corrected chi connectivity index (χ0v) is 22.7. The molecule has 3 aromatic rings. The monoisotopic (exact) mass is 586 g/mol. The Morgan fingerprint density at radius 2 is 1.89 bits per heavy atom. The number of anilines is 1. The molecule has 3 amide bonds. The fourth-order valence-electron chi connectivity index (χ4n) is 7.09. The fourth-order valence-corrected chi connectivity index (χ4v) is 10.3. The summed E-state index contributed by atoms with van der Waals surface area (Å²) >= 11 is 14.8. The molecule has 194 valence electrons. The Hall–Kier alpha value is -2.66. The molecule has 7 rings (SSSR count). The van der Waals surface area contributed by atoms with Crippen LogP contribution in [-0.2, 0) is 14.4 Å². The van der Waals surface area contributed by atoms with Crippen molar-refractivity contribution >= 4 is 69.7 Å². The summed E-state index contributed by atoms with van der Waals surface area (Å²) in [5, 5.41) is 4.30. The van der Waals surface area contributed by atoms with Gasteiger partial charge in [-0.3, -0.25) is 29.1 Å². The summed E-state index contributed by atoms with van der Waals surface area (Å²) in [6.07, 6.45) is 4.33. The van der Waals surface area contributed by atoms with Crippen LogP contribution < -0.4 is 10.2 Å². The van der Waals surface area contributed by atoms with Gasteiger partial charge in [0.15, 0.2) is 0 Å². The summed E-state index contributed by atoms with van der Waals surface area (Å²) in [4.78, 5) is 61.6. The molecule has 6 unspecified atom stereocenters. The molecule has 2 aliphatic heterocycles. The molecule has 7 atom stereocenters. The summed E-state index contributed by atoms with van der Waals surface area (Å²) in [6.45, 7) is -0.348. The quantitative estimate of drug-likeness (QED) is 0.442. The largest absolute Gasteiger partial charge is 0.324 e. The van der Waals surface area contributed by atoms with Crippen molar-refractivity contribution in [2.45, 2.75) is 22.6 Å². The van der Waals surface area contributed by atoms with Gasteiger partial charge < -0.3 is 10.3 Å². The van der Waals surface area contributed by atoms with E-state index in [0.717, 1.165) is 26.8 Å². The minimum Gasteiger partial charge on any atom is -0.324 e. The molecule has 4 aliphatic rings.